The second-order valence-corrected chi connectivity index (χ2v) is 4.89. The van der Waals surface area contributed by atoms with Crippen LogP contribution in [0.15, 0.2) is 48.9 Å². The van der Waals surface area contributed by atoms with Crippen LogP contribution in [0.2, 0.25) is 0 Å². The van der Waals surface area contributed by atoms with Crippen LogP contribution in [0.4, 0.5) is 0 Å². The highest BCUT2D eigenvalue weighted by atomic mass is 15.2. The first kappa shape index (κ1) is 12.8. The number of fused-ring (bicyclic) bond motifs is 1. The van der Waals surface area contributed by atoms with E-state index >= 15 is 0 Å². The molecule has 20 heavy (non-hydrogen) atoms. The standard InChI is InChI=1S/C16H18N4/c1-3-17-16(14-10-19-20(2)11-14)13-6-7-15-12(9-13)5-4-8-18-15/h4-11,16-17H,3H2,1-2H3. The van der Waals surface area contributed by atoms with E-state index in [1.165, 1.54) is 11.1 Å². The maximum Gasteiger partial charge on any atom is 0.0702 e. The zero-order chi connectivity index (χ0) is 13.9. The van der Waals surface area contributed by atoms with E-state index in [9.17, 15) is 0 Å². The summed E-state index contributed by atoms with van der Waals surface area (Å²) in [6, 6.07) is 10.6. The van der Waals surface area contributed by atoms with Gasteiger partial charge in [0.25, 0.3) is 0 Å². The van der Waals surface area contributed by atoms with Crippen molar-refractivity contribution >= 4 is 10.9 Å². The van der Waals surface area contributed by atoms with Crippen LogP contribution >= 0.6 is 0 Å². The lowest BCUT2D eigenvalue weighted by Crippen LogP contribution is -2.21. The Morgan fingerprint density at radius 1 is 1.25 bits per heavy atom. The molecule has 4 nitrogen and oxygen atoms in total. The summed E-state index contributed by atoms with van der Waals surface area (Å²) in [4.78, 5) is 4.37. The summed E-state index contributed by atoms with van der Waals surface area (Å²) in [5, 5.41) is 8.96. The van der Waals surface area contributed by atoms with Crippen LogP contribution in [0.1, 0.15) is 24.1 Å². The molecular formula is C16H18N4. The summed E-state index contributed by atoms with van der Waals surface area (Å²) in [5.74, 6) is 0. The summed E-state index contributed by atoms with van der Waals surface area (Å²) in [7, 11) is 1.94. The Morgan fingerprint density at radius 3 is 2.90 bits per heavy atom. The SMILES string of the molecule is CCNC(c1ccc2ncccc2c1)c1cnn(C)c1. The summed E-state index contributed by atoms with van der Waals surface area (Å²) in [6.45, 7) is 3.02. The van der Waals surface area contributed by atoms with Gasteiger partial charge in [-0.1, -0.05) is 19.1 Å². The number of aryl methyl sites for hydroxylation is 1. The van der Waals surface area contributed by atoms with E-state index in [-0.39, 0.29) is 6.04 Å². The number of aromatic nitrogens is 3. The van der Waals surface area contributed by atoms with Gasteiger partial charge in [0.05, 0.1) is 17.8 Å². The van der Waals surface area contributed by atoms with Crippen LogP contribution in [0, 0.1) is 0 Å². The Bertz CT molecular complexity index is 717. The zero-order valence-electron chi connectivity index (χ0n) is 11.7. The molecule has 0 radical (unpaired) electrons. The lowest BCUT2D eigenvalue weighted by molar-refractivity contribution is 0.630. The van der Waals surface area contributed by atoms with Crippen LogP contribution < -0.4 is 5.32 Å². The minimum atomic E-state index is 0.165. The molecule has 0 aliphatic rings. The van der Waals surface area contributed by atoms with Crippen molar-refractivity contribution in [3.8, 4) is 0 Å². The predicted molar refractivity (Wildman–Crippen MR) is 80.5 cm³/mol. The second kappa shape index (κ2) is 5.43. The number of nitrogens with zero attached hydrogens (tertiary/aromatic N) is 3. The molecule has 3 rings (SSSR count). The topological polar surface area (TPSA) is 42.7 Å². The number of benzene rings is 1. The number of rotatable bonds is 4. The largest absolute Gasteiger partial charge is 0.306 e. The van der Waals surface area contributed by atoms with Gasteiger partial charge in [0.1, 0.15) is 0 Å². The Hall–Kier alpha value is -2.20. The number of nitrogens with one attached hydrogen (secondary N) is 1. The van der Waals surface area contributed by atoms with E-state index in [0.29, 0.717) is 0 Å². The molecule has 0 bridgehead atoms. The van der Waals surface area contributed by atoms with Crippen molar-refractivity contribution in [3.63, 3.8) is 0 Å². The van der Waals surface area contributed by atoms with E-state index in [1.54, 1.807) is 0 Å². The van der Waals surface area contributed by atoms with Gasteiger partial charge in [-0.15, -0.1) is 0 Å². The number of pyridine rings is 1. The predicted octanol–water partition coefficient (Wildman–Crippen LogP) is 2.67. The van der Waals surface area contributed by atoms with E-state index in [4.69, 9.17) is 0 Å². The molecular weight excluding hydrogens is 248 g/mol. The average molecular weight is 266 g/mol. The fourth-order valence-electron chi connectivity index (χ4n) is 2.50. The summed E-state index contributed by atoms with van der Waals surface area (Å²) in [6.07, 6.45) is 5.80. The smallest absolute Gasteiger partial charge is 0.0702 e. The van der Waals surface area contributed by atoms with Gasteiger partial charge < -0.3 is 5.32 Å². The van der Waals surface area contributed by atoms with Crippen molar-refractivity contribution in [2.75, 3.05) is 6.54 Å². The normalized spacial score (nSPS) is 12.7. The Morgan fingerprint density at radius 2 is 2.15 bits per heavy atom. The highest BCUT2D eigenvalue weighted by molar-refractivity contribution is 5.79. The monoisotopic (exact) mass is 266 g/mol. The first-order valence-electron chi connectivity index (χ1n) is 6.84. The molecule has 0 aliphatic heterocycles. The Balaban J connectivity index is 2.04. The molecule has 1 aromatic carbocycles. The fourth-order valence-corrected chi connectivity index (χ4v) is 2.50. The zero-order valence-corrected chi connectivity index (χ0v) is 11.7. The maximum absolute atomic E-state index is 4.37. The van der Waals surface area contributed by atoms with Crippen molar-refractivity contribution < 1.29 is 0 Å². The van der Waals surface area contributed by atoms with Crippen LogP contribution in [0.25, 0.3) is 10.9 Å². The molecule has 1 N–H and O–H groups in total. The minimum Gasteiger partial charge on any atom is -0.306 e. The molecule has 0 aliphatic carbocycles. The molecule has 2 aromatic heterocycles. The molecule has 102 valence electrons. The van der Waals surface area contributed by atoms with Crippen LogP contribution in [-0.4, -0.2) is 21.3 Å². The molecule has 0 fully saturated rings. The van der Waals surface area contributed by atoms with Crippen molar-refractivity contribution in [3.05, 3.63) is 60.0 Å². The van der Waals surface area contributed by atoms with Crippen molar-refractivity contribution in [2.24, 2.45) is 7.05 Å². The van der Waals surface area contributed by atoms with Crippen molar-refractivity contribution in [2.45, 2.75) is 13.0 Å². The van der Waals surface area contributed by atoms with E-state index in [2.05, 4.69) is 52.8 Å². The first-order valence-corrected chi connectivity index (χ1v) is 6.84. The molecule has 1 unspecified atom stereocenters. The summed E-state index contributed by atoms with van der Waals surface area (Å²) < 4.78 is 1.84. The van der Waals surface area contributed by atoms with Gasteiger partial charge in [-0.2, -0.15) is 5.10 Å². The molecule has 0 spiro atoms. The van der Waals surface area contributed by atoms with Gasteiger partial charge in [-0.05, 0) is 30.3 Å². The van der Waals surface area contributed by atoms with Crippen LogP contribution in [-0.2, 0) is 7.05 Å². The van der Waals surface area contributed by atoms with Gasteiger partial charge >= 0.3 is 0 Å². The first-order chi connectivity index (χ1) is 9.78. The maximum atomic E-state index is 4.37. The third-order valence-electron chi connectivity index (χ3n) is 3.43. The molecule has 1 atom stereocenters. The number of hydrogen-bond donors (Lipinski definition) is 1. The minimum absolute atomic E-state index is 0.165. The average Bonchev–Trinajstić information content (AvgIpc) is 2.90. The fraction of sp³-hybridized carbons (Fsp3) is 0.250. The lowest BCUT2D eigenvalue weighted by atomic mass is 9.99. The van der Waals surface area contributed by atoms with Crippen molar-refractivity contribution in [1.82, 2.24) is 20.1 Å². The van der Waals surface area contributed by atoms with Gasteiger partial charge in [0, 0.05) is 30.4 Å². The molecule has 0 saturated heterocycles. The summed E-state index contributed by atoms with van der Waals surface area (Å²) >= 11 is 0. The highest BCUT2D eigenvalue weighted by Crippen LogP contribution is 2.24. The Labute approximate surface area is 118 Å². The molecule has 0 amide bonds. The molecule has 2 heterocycles. The van der Waals surface area contributed by atoms with E-state index < -0.39 is 0 Å². The lowest BCUT2D eigenvalue weighted by Gasteiger charge is -2.17. The van der Waals surface area contributed by atoms with Gasteiger partial charge in [-0.3, -0.25) is 9.67 Å². The van der Waals surface area contributed by atoms with Crippen LogP contribution in [0.5, 0.6) is 0 Å². The molecule has 3 aromatic rings. The van der Waals surface area contributed by atoms with Crippen molar-refractivity contribution in [1.29, 1.82) is 0 Å². The van der Waals surface area contributed by atoms with Gasteiger partial charge in [-0.25, -0.2) is 0 Å². The van der Waals surface area contributed by atoms with Crippen LogP contribution in [0.3, 0.4) is 0 Å². The van der Waals surface area contributed by atoms with E-state index in [0.717, 1.165) is 17.4 Å². The van der Waals surface area contributed by atoms with E-state index in [1.807, 2.05) is 30.2 Å². The highest BCUT2D eigenvalue weighted by Gasteiger charge is 2.15. The molecule has 4 heteroatoms. The van der Waals surface area contributed by atoms with Gasteiger partial charge in [0.2, 0.25) is 0 Å². The third kappa shape index (κ3) is 2.42. The quantitative estimate of drug-likeness (QED) is 0.789. The Kier molecular flexibility index (Phi) is 3.48. The number of hydrogen-bond acceptors (Lipinski definition) is 3. The molecule has 0 saturated carbocycles. The third-order valence-corrected chi connectivity index (χ3v) is 3.43. The van der Waals surface area contributed by atoms with Gasteiger partial charge in [0.15, 0.2) is 0 Å². The second-order valence-electron chi connectivity index (χ2n) is 4.89. The summed E-state index contributed by atoms with van der Waals surface area (Å²) in [5.41, 5.74) is 3.44.